The molecular formula is C19H23N3O3. The van der Waals surface area contributed by atoms with Crippen molar-refractivity contribution in [1.82, 2.24) is 14.9 Å². The van der Waals surface area contributed by atoms with Crippen LogP contribution < -0.4 is 11.0 Å². The van der Waals surface area contributed by atoms with Crippen molar-refractivity contribution in [3.05, 3.63) is 64.8 Å². The Kier molecular flexibility index (Phi) is 5.95. The van der Waals surface area contributed by atoms with Crippen molar-refractivity contribution in [3.8, 4) is 0 Å². The van der Waals surface area contributed by atoms with Gasteiger partial charge in [-0.2, -0.15) is 0 Å². The van der Waals surface area contributed by atoms with E-state index in [0.29, 0.717) is 6.61 Å². The third-order valence-electron chi connectivity index (χ3n) is 4.45. The number of benzene rings is 1. The summed E-state index contributed by atoms with van der Waals surface area (Å²) in [5, 5.41) is 3.03. The Morgan fingerprint density at radius 1 is 1.20 bits per heavy atom. The topological polar surface area (TPSA) is 73.2 Å². The maximum Gasteiger partial charge on any atom is 0.347 e. The van der Waals surface area contributed by atoms with Crippen LogP contribution in [0.3, 0.4) is 0 Å². The van der Waals surface area contributed by atoms with Crippen LogP contribution in [-0.4, -0.2) is 27.6 Å². The van der Waals surface area contributed by atoms with Gasteiger partial charge in [0.1, 0.15) is 6.54 Å². The third-order valence-corrected chi connectivity index (χ3v) is 4.45. The molecule has 3 rings (SSSR count). The van der Waals surface area contributed by atoms with Gasteiger partial charge in [0.2, 0.25) is 5.91 Å². The minimum absolute atomic E-state index is 0.00327. The van der Waals surface area contributed by atoms with E-state index in [4.69, 9.17) is 4.74 Å². The Labute approximate surface area is 146 Å². The molecule has 132 valence electrons. The Bertz CT molecular complexity index is 745. The molecule has 25 heavy (non-hydrogen) atoms. The van der Waals surface area contributed by atoms with Crippen LogP contribution in [0.2, 0.25) is 0 Å². The summed E-state index contributed by atoms with van der Waals surface area (Å²) in [5.41, 5.74) is 0.707. The molecular weight excluding hydrogens is 318 g/mol. The van der Waals surface area contributed by atoms with Gasteiger partial charge in [0.15, 0.2) is 0 Å². The summed E-state index contributed by atoms with van der Waals surface area (Å²) in [4.78, 5) is 27.6. The van der Waals surface area contributed by atoms with Crippen molar-refractivity contribution in [1.29, 1.82) is 0 Å². The van der Waals surface area contributed by atoms with Crippen LogP contribution >= 0.6 is 0 Å². The number of rotatable bonds is 6. The lowest BCUT2D eigenvalue weighted by Gasteiger charge is -2.32. The molecule has 2 aromatic rings. The highest BCUT2D eigenvalue weighted by Gasteiger charge is 2.27. The summed E-state index contributed by atoms with van der Waals surface area (Å²) >= 11 is 0. The van der Waals surface area contributed by atoms with Crippen molar-refractivity contribution in [2.45, 2.75) is 51.0 Å². The number of aromatic nitrogens is 2. The summed E-state index contributed by atoms with van der Waals surface area (Å²) in [6.45, 7) is 0.522. The Morgan fingerprint density at radius 2 is 2.00 bits per heavy atom. The molecule has 1 fully saturated rings. The van der Waals surface area contributed by atoms with Crippen LogP contribution in [0.5, 0.6) is 0 Å². The van der Waals surface area contributed by atoms with Crippen LogP contribution in [0.1, 0.15) is 31.2 Å². The number of hydrogen-bond donors (Lipinski definition) is 1. The number of carbonyl (C=O) groups is 1. The number of nitrogens with zero attached hydrogens (tertiary/aromatic N) is 2. The smallest absolute Gasteiger partial charge is 0.347 e. The Hall–Kier alpha value is -2.47. The van der Waals surface area contributed by atoms with Gasteiger partial charge in [-0.3, -0.25) is 9.36 Å². The van der Waals surface area contributed by atoms with Crippen LogP contribution in [0.25, 0.3) is 0 Å². The highest BCUT2D eigenvalue weighted by molar-refractivity contribution is 5.76. The first kappa shape index (κ1) is 17.4. The van der Waals surface area contributed by atoms with E-state index in [1.165, 1.54) is 10.8 Å². The predicted molar refractivity (Wildman–Crippen MR) is 93.9 cm³/mol. The number of hydrogen-bond acceptors (Lipinski definition) is 4. The zero-order valence-corrected chi connectivity index (χ0v) is 14.1. The van der Waals surface area contributed by atoms with E-state index >= 15 is 0 Å². The molecule has 1 amide bonds. The van der Waals surface area contributed by atoms with Gasteiger partial charge >= 0.3 is 5.69 Å². The summed E-state index contributed by atoms with van der Waals surface area (Å²) in [6.07, 6.45) is 7.00. The van der Waals surface area contributed by atoms with Crippen LogP contribution in [0, 0.1) is 0 Å². The average molecular weight is 341 g/mol. The summed E-state index contributed by atoms with van der Waals surface area (Å²) in [5.74, 6) is -0.185. The molecule has 0 bridgehead atoms. The van der Waals surface area contributed by atoms with Gasteiger partial charge in [0.05, 0.1) is 18.8 Å². The number of nitrogens with one attached hydrogen (secondary N) is 1. The average Bonchev–Trinajstić information content (AvgIpc) is 2.64. The van der Waals surface area contributed by atoms with E-state index in [0.717, 1.165) is 31.2 Å². The first-order valence-electron chi connectivity index (χ1n) is 8.69. The fraction of sp³-hybridized carbons (Fsp3) is 0.421. The fourth-order valence-corrected chi connectivity index (χ4v) is 3.15. The first-order chi connectivity index (χ1) is 12.2. The lowest BCUT2D eigenvalue weighted by atomic mass is 9.92. The largest absolute Gasteiger partial charge is 0.371 e. The van der Waals surface area contributed by atoms with Crippen LogP contribution in [0.4, 0.5) is 0 Å². The molecule has 1 saturated carbocycles. The normalized spacial score (nSPS) is 20.2. The summed E-state index contributed by atoms with van der Waals surface area (Å²) in [6, 6.07) is 11.7. The summed E-state index contributed by atoms with van der Waals surface area (Å²) in [7, 11) is 0. The van der Waals surface area contributed by atoms with Gasteiger partial charge in [-0.15, -0.1) is 0 Å². The predicted octanol–water partition coefficient (Wildman–Crippen LogP) is 1.89. The van der Waals surface area contributed by atoms with E-state index in [-0.39, 0.29) is 24.6 Å². The molecule has 0 radical (unpaired) electrons. The molecule has 0 aliphatic heterocycles. The molecule has 1 aromatic carbocycles. The monoisotopic (exact) mass is 341 g/mol. The van der Waals surface area contributed by atoms with Crippen molar-refractivity contribution >= 4 is 5.91 Å². The summed E-state index contributed by atoms with van der Waals surface area (Å²) < 4.78 is 7.36. The van der Waals surface area contributed by atoms with E-state index in [1.807, 2.05) is 30.3 Å². The van der Waals surface area contributed by atoms with Crippen molar-refractivity contribution in [3.63, 3.8) is 0 Å². The second kappa shape index (κ2) is 8.58. The van der Waals surface area contributed by atoms with Crippen LogP contribution in [0.15, 0.2) is 53.6 Å². The molecule has 1 N–H and O–H groups in total. The second-order valence-corrected chi connectivity index (χ2v) is 6.32. The third kappa shape index (κ3) is 5.00. The van der Waals surface area contributed by atoms with Crippen molar-refractivity contribution < 1.29 is 9.53 Å². The SMILES string of the molecule is O=C(Cn1cccnc1=O)N[C@H]1CCCC[C@@H]1OCc1ccccc1. The number of ether oxygens (including phenoxy) is 1. The zero-order valence-electron chi connectivity index (χ0n) is 14.1. The van der Waals surface area contributed by atoms with Gasteiger partial charge in [-0.1, -0.05) is 43.2 Å². The minimum atomic E-state index is -0.418. The molecule has 1 aliphatic rings. The Morgan fingerprint density at radius 3 is 2.80 bits per heavy atom. The van der Waals surface area contributed by atoms with Crippen LogP contribution in [-0.2, 0) is 22.7 Å². The van der Waals surface area contributed by atoms with Crippen molar-refractivity contribution in [2.24, 2.45) is 0 Å². The molecule has 2 atom stereocenters. The Balaban J connectivity index is 1.56. The highest BCUT2D eigenvalue weighted by Crippen LogP contribution is 2.22. The fourth-order valence-electron chi connectivity index (χ4n) is 3.15. The molecule has 6 nitrogen and oxygen atoms in total. The van der Waals surface area contributed by atoms with Crippen molar-refractivity contribution in [2.75, 3.05) is 0 Å². The number of amides is 1. The standard InChI is InChI=1S/C19H23N3O3/c23-18(13-22-12-6-11-20-19(22)24)21-16-9-4-5-10-17(16)25-14-15-7-2-1-3-8-15/h1-3,6-8,11-12,16-17H,4-5,9-10,13-14H2,(H,21,23)/t16-,17-/m0/s1. The number of carbonyl (C=O) groups excluding carboxylic acids is 1. The maximum absolute atomic E-state index is 12.3. The van der Waals surface area contributed by atoms with Gasteiger partial charge in [0.25, 0.3) is 0 Å². The molecule has 1 heterocycles. The minimum Gasteiger partial charge on any atom is -0.371 e. The molecule has 1 aromatic heterocycles. The van der Waals surface area contributed by atoms with Gasteiger partial charge in [0, 0.05) is 12.4 Å². The maximum atomic E-state index is 12.3. The quantitative estimate of drug-likeness (QED) is 0.871. The highest BCUT2D eigenvalue weighted by atomic mass is 16.5. The zero-order chi connectivity index (χ0) is 17.5. The lowest BCUT2D eigenvalue weighted by molar-refractivity contribution is -0.124. The van der Waals surface area contributed by atoms with E-state index in [1.54, 1.807) is 12.3 Å². The van der Waals surface area contributed by atoms with E-state index < -0.39 is 5.69 Å². The molecule has 0 spiro atoms. The van der Waals surface area contributed by atoms with E-state index in [9.17, 15) is 9.59 Å². The first-order valence-corrected chi connectivity index (χ1v) is 8.69. The molecule has 0 unspecified atom stereocenters. The van der Waals surface area contributed by atoms with Gasteiger partial charge in [-0.05, 0) is 24.5 Å². The lowest BCUT2D eigenvalue weighted by Crippen LogP contribution is -2.47. The van der Waals surface area contributed by atoms with E-state index in [2.05, 4.69) is 10.3 Å². The molecule has 0 saturated heterocycles. The van der Waals surface area contributed by atoms with Gasteiger partial charge < -0.3 is 10.1 Å². The second-order valence-electron chi connectivity index (χ2n) is 6.32. The van der Waals surface area contributed by atoms with Gasteiger partial charge in [-0.25, -0.2) is 9.78 Å². The molecule has 1 aliphatic carbocycles. The molecule has 6 heteroatoms.